The van der Waals surface area contributed by atoms with Gasteiger partial charge in [-0.1, -0.05) is 43.7 Å². The van der Waals surface area contributed by atoms with Crippen LogP contribution >= 0.6 is 0 Å². The summed E-state index contributed by atoms with van der Waals surface area (Å²) in [4.78, 5) is 32.6. The van der Waals surface area contributed by atoms with Crippen LogP contribution in [0, 0.1) is 12.3 Å². The van der Waals surface area contributed by atoms with E-state index in [0.717, 1.165) is 23.2 Å². The molecule has 0 fully saturated rings. The lowest BCUT2D eigenvalue weighted by Gasteiger charge is -2.38. The average Bonchev–Trinajstić information content (AvgIpc) is 2.52. The molecule has 6 nitrogen and oxygen atoms in total. The van der Waals surface area contributed by atoms with Gasteiger partial charge in [-0.25, -0.2) is 0 Å². The highest BCUT2D eigenvalue weighted by atomic mass is 16.1. The SMILES string of the molecule is Cc1ccc(C2C3=C(CC(C)(C)CC3=O)Nc3nc(N)[nH]c(=O)c32)cc1. The number of Topliss-reactive ketones (excluding diaryl/α,β-unsaturated/α-hetero) is 1. The summed E-state index contributed by atoms with van der Waals surface area (Å²) in [5, 5.41) is 3.23. The molecule has 4 rings (SSSR count). The maximum absolute atomic E-state index is 13.0. The number of ketones is 1. The third-order valence-corrected chi connectivity index (χ3v) is 5.15. The van der Waals surface area contributed by atoms with Gasteiger partial charge in [0.25, 0.3) is 5.56 Å². The summed E-state index contributed by atoms with van der Waals surface area (Å²) >= 11 is 0. The van der Waals surface area contributed by atoms with Gasteiger partial charge >= 0.3 is 0 Å². The summed E-state index contributed by atoms with van der Waals surface area (Å²) < 4.78 is 0. The number of nitrogen functional groups attached to an aromatic ring is 1. The van der Waals surface area contributed by atoms with E-state index in [4.69, 9.17) is 5.73 Å². The fourth-order valence-corrected chi connectivity index (χ4v) is 4.02. The van der Waals surface area contributed by atoms with Crippen LogP contribution < -0.4 is 16.6 Å². The summed E-state index contributed by atoms with van der Waals surface area (Å²) in [7, 11) is 0. The molecule has 0 saturated carbocycles. The number of carbonyl (C=O) groups is 1. The molecule has 1 atom stereocenters. The van der Waals surface area contributed by atoms with Crippen LogP contribution in [0.25, 0.3) is 0 Å². The molecule has 1 aliphatic carbocycles. The number of hydrogen-bond donors (Lipinski definition) is 3. The Labute approximate surface area is 151 Å². The van der Waals surface area contributed by atoms with Gasteiger partial charge < -0.3 is 11.1 Å². The molecule has 1 unspecified atom stereocenters. The number of aromatic nitrogens is 2. The molecule has 0 saturated heterocycles. The number of aryl methyl sites for hydroxylation is 1. The highest BCUT2D eigenvalue weighted by Crippen LogP contribution is 2.47. The number of aromatic amines is 1. The number of nitrogens with one attached hydrogen (secondary N) is 2. The Morgan fingerprint density at radius 1 is 1.15 bits per heavy atom. The fraction of sp³-hybridized carbons (Fsp3) is 0.350. The topological polar surface area (TPSA) is 101 Å². The minimum atomic E-state index is -0.428. The van der Waals surface area contributed by atoms with Crippen LogP contribution in [-0.4, -0.2) is 15.8 Å². The Morgan fingerprint density at radius 2 is 1.85 bits per heavy atom. The first-order valence-corrected chi connectivity index (χ1v) is 8.75. The molecule has 134 valence electrons. The van der Waals surface area contributed by atoms with E-state index < -0.39 is 5.92 Å². The second kappa shape index (κ2) is 5.56. The molecule has 1 aliphatic heterocycles. The predicted octanol–water partition coefficient (Wildman–Crippen LogP) is 2.86. The molecule has 2 aromatic rings. The largest absolute Gasteiger partial charge is 0.369 e. The zero-order valence-electron chi connectivity index (χ0n) is 15.1. The molecule has 0 spiro atoms. The van der Waals surface area contributed by atoms with E-state index in [2.05, 4.69) is 29.1 Å². The Bertz CT molecular complexity index is 999. The fourth-order valence-electron chi connectivity index (χ4n) is 4.02. The zero-order valence-corrected chi connectivity index (χ0v) is 15.1. The highest BCUT2D eigenvalue weighted by molar-refractivity contribution is 6.01. The van der Waals surface area contributed by atoms with Gasteiger partial charge in [0.1, 0.15) is 5.82 Å². The van der Waals surface area contributed by atoms with E-state index in [-0.39, 0.29) is 22.7 Å². The van der Waals surface area contributed by atoms with Crippen molar-refractivity contribution in [3.05, 3.63) is 62.6 Å². The van der Waals surface area contributed by atoms with Crippen LogP contribution in [-0.2, 0) is 4.79 Å². The molecule has 1 aromatic carbocycles. The Balaban J connectivity index is 1.99. The lowest BCUT2D eigenvalue weighted by atomic mass is 9.69. The first-order chi connectivity index (χ1) is 12.2. The maximum Gasteiger partial charge on any atom is 0.258 e. The highest BCUT2D eigenvalue weighted by Gasteiger charge is 2.42. The second-order valence-electron chi connectivity index (χ2n) is 8.02. The van der Waals surface area contributed by atoms with Crippen LogP contribution in [0.15, 0.2) is 40.3 Å². The van der Waals surface area contributed by atoms with E-state index in [9.17, 15) is 9.59 Å². The van der Waals surface area contributed by atoms with Gasteiger partial charge in [0, 0.05) is 23.6 Å². The summed E-state index contributed by atoms with van der Waals surface area (Å²) in [6, 6.07) is 7.94. The first-order valence-electron chi connectivity index (χ1n) is 8.75. The number of anilines is 2. The van der Waals surface area contributed by atoms with Crippen molar-refractivity contribution in [2.24, 2.45) is 5.41 Å². The molecule has 0 amide bonds. The van der Waals surface area contributed by atoms with Gasteiger partial charge in [0.2, 0.25) is 5.95 Å². The van der Waals surface area contributed by atoms with Gasteiger partial charge in [0.05, 0.1) is 5.56 Å². The number of nitrogens with zero attached hydrogens (tertiary/aromatic N) is 1. The van der Waals surface area contributed by atoms with Crippen LogP contribution in [0.5, 0.6) is 0 Å². The molecule has 0 bridgehead atoms. The minimum absolute atomic E-state index is 0.0642. The maximum atomic E-state index is 13.0. The Hall–Kier alpha value is -2.89. The number of allylic oxidation sites excluding steroid dienone is 2. The van der Waals surface area contributed by atoms with Gasteiger partial charge in [0.15, 0.2) is 5.78 Å². The van der Waals surface area contributed by atoms with Crippen LogP contribution in [0.3, 0.4) is 0 Å². The number of benzene rings is 1. The smallest absolute Gasteiger partial charge is 0.258 e. The van der Waals surface area contributed by atoms with Crippen molar-refractivity contribution in [1.29, 1.82) is 0 Å². The van der Waals surface area contributed by atoms with Crippen LogP contribution in [0.2, 0.25) is 0 Å². The number of H-pyrrole nitrogens is 1. The standard InChI is InChI=1S/C20H22N4O2/c1-10-4-6-11(7-5-10)14-15-12(8-20(2,3)9-13(15)25)22-17-16(14)18(26)24-19(21)23-17/h4-7,14H,8-9H2,1-3H3,(H4,21,22,23,24,26). The molecule has 0 radical (unpaired) electrons. The molecular weight excluding hydrogens is 328 g/mol. The van der Waals surface area contributed by atoms with E-state index in [1.165, 1.54) is 0 Å². The van der Waals surface area contributed by atoms with Gasteiger partial charge in [-0.3, -0.25) is 14.6 Å². The number of hydrogen-bond acceptors (Lipinski definition) is 5. The average molecular weight is 350 g/mol. The van der Waals surface area contributed by atoms with Crippen LogP contribution in [0.4, 0.5) is 11.8 Å². The Kier molecular flexibility index (Phi) is 3.54. The van der Waals surface area contributed by atoms with Gasteiger partial charge in [-0.15, -0.1) is 0 Å². The quantitative estimate of drug-likeness (QED) is 0.734. The van der Waals surface area contributed by atoms with E-state index in [1.807, 2.05) is 31.2 Å². The number of rotatable bonds is 1. The molecule has 26 heavy (non-hydrogen) atoms. The van der Waals surface area contributed by atoms with Crippen molar-refractivity contribution in [3.63, 3.8) is 0 Å². The summed E-state index contributed by atoms with van der Waals surface area (Å²) in [6.07, 6.45) is 1.19. The van der Waals surface area contributed by atoms with E-state index in [0.29, 0.717) is 23.4 Å². The van der Waals surface area contributed by atoms with Crippen molar-refractivity contribution < 1.29 is 4.79 Å². The van der Waals surface area contributed by atoms with E-state index >= 15 is 0 Å². The molecule has 2 aliphatic rings. The van der Waals surface area contributed by atoms with Crippen molar-refractivity contribution >= 4 is 17.5 Å². The number of fused-ring (bicyclic) bond motifs is 1. The molecule has 2 heterocycles. The molecule has 4 N–H and O–H groups in total. The summed E-state index contributed by atoms with van der Waals surface area (Å²) in [5.41, 5.74) is 9.32. The summed E-state index contributed by atoms with van der Waals surface area (Å²) in [6.45, 7) is 6.16. The third kappa shape index (κ3) is 2.62. The van der Waals surface area contributed by atoms with Gasteiger partial charge in [-0.05, 0) is 24.3 Å². The first kappa shape index (κ1) is 16.6. The monoisotopic (exact) mass is 350 g/mol. The van der Waals surface area contributed by atoms with E-state index in [1.54, 1.807) is 0 Å². The number of nitrogens with two attached hydrogens (primary N) is 1. The normalized spacial score (nSPS) is 21.0. The zero-order chi connectivity index (χ0) is 18.6. The van der Waals surface area contributed by atoms with Gasteiger partial charge in [-0.2, -0.15) is 4.98 Å². The Morgan fingerprint density at radius 3 is 2.54 bits per heavy atom. The lowest BCUT2D eigenvalue weighted by molar-refractivity contribution is -0.118. The third-order valence-electron chi connectivity index (χ3n) is 5.15. The van der Waals surface area contributed by atoms with Crippen LogP contribution in [0.1, 0.15) is 49.3 Å². The van der Waals surface area contributed by atoms with Crippen molar-refractivity contribution in [3.8, 4) is 0 Å². The summed E-state index contributed by atoms with van der Waals surface area (Å²) in [5.74, 6) is 0.161. The predicted molar refractivity (Wildman–Crippen MR) is 101 cm³/mol. The second-order valence-corrected chi connectivity index (χ2v) is 8.02. The van der Waals surface area contributed by atoms with Crippen molar-refractivity contribution in [2.45, 2.75) is 39.5 Å². The van der Waals surface area contributed by atoms with Crippen molar-refractivity contribution in [1.82, 2.24) is 9.97 Å². The lowest BCUT2D eigenvalue weighted by Crippen LogP contribution is -2.37. The molecule has 6 heteroatoms. The molecule has 1 aromatic heterocycles. The number of carbonyl (C=O) groups excluding carboxylic acids is 1. The minimum Gasteiger partial charge on any atom is -0.369 e. The van der Waals surface area contributed by atoms with Crippen molar-refractivity contribution in [2.75, 3.05) is 11.1 Å². The molecular formula is C20H22N4O2.